The highest BCUT2D eigenvalue weighted by Crippen LogP contribution is 2.12. The number of imidazole rings is 1. The minimum absolute atomic E-state index is 0.148. The second-order valence-corrected chi connectivity index (χ2v) is 6.32. The molecule has 0 bridgehead atoms. The molecule has 0 saturated heterocycles. The third-order valence-electron chi connectivity index (χ3n) is 4.48. The number of carbonyl (C=O) groups is 1. The van der Waals surface area contributed by atoms with Gasteiger partial charge in [0.25, 0.3) is 5.91 Å². The van der Waals surface area contributed by atoms with Gasteiger partial charge in [-0.05, 0) is 29.8 Å². The van der Waals surface area contributed by atoms with E-state index in [0.29, 0.717) is 31.0 Å². The smallest absolute Gasteiger partial charge is 0.330 e. The van der Waals surface area contributed by atoms with Crippen LogP contribution in [0.4, 0.5) is 0 Å². The maximum atomic E-state index is 13.0. The molecule has 7 nitrogen and oxygen atoms in total. The molecule has 4 rings (SSSR count). The number of hydrogen-bond donors (Lipinski definition) is 1. The zero-order chi connectivity index (χ0) is 19.3. The average Bonchev–Trinajstić information content (AvgIpc) is 3.01. The number of nitrogens with zero attached hydrogens (tertiary/aromatic N) is 4. The highest BCUT2D eigenvalue weighted by atomic mass is 16.2. The molecular formula is C21H19N5O2. The Morgan fingerprint density at radius 3 is 2.46 bits per heavy atom. The van der Waals surface area contributed by atoms with Crippen LogP contribution in [-0.2, 0) is 13.1 Å². The number of rotatable bonds is 6. The summed E-state index contributed by atoms with van der Waals surface area (Å²) in [5, 5.41) is 2.80. The monoisotopic (exact) mass is 373 g/mol. The van der Waals surface area contributed by atoms with Crippen LogP contribution in [0, 0.1) is 0 Å². The third kappa shape index (κ3) is 3.55. The van der Waals surface area contributed by atoms with Gasteiger partial charge in [0.1, 0.15) is 5.69 Å². The number of nitrogens with one attached hydrogen (secondary N) is 1. The van der Waals surface area contributed by atoms with Crippen molar-refractivity contribution in [3.05, 3.63) is 94.8 Å². The number of amides is 1. The van der Waals surface area contributed by atoms with E-state index in [2.05, 4.69) is 15.3 Å². The van der Waals surface area contributed by atoms with Crippen LogP contribution in [0.2, 0.25) is 0 Å². The molecule has 1 N–H and O–H groups in total. The predicted molar refractivity (Wildman–Crippen MR) is 106 cm³/mol. The van der Waals surface area contributed by atoms with Gasteiger partial charge in [-0.15, -0.1) is 0 Å². The molecule has 1 aromatic carbocycles. The highest BCUT2D eigenvalue weighted by molar-refractivity contribution is 5.92. The molecule has 0 radical (unpaired) electrons. The van der Waals surface area contributed by atoms with E-state index in [1.807, 2.05) is 42.5 Å². The molecule has 28 heavy (non-hydrogen) atoms. The molecule has 1 amide bonds. The summed E-state index contributed by atoms with van der Waals surface area (Å²) in [6.45, 7) is 1.10. The van der Waals surface area contributed by atoms with Crippen LogP contribution in [0.25, 0.3) is 11.2 Å². The Balaban J connectivity index is 1.56. The van der Waals surface area contributed by atoms with E-state index in [9.17, 15) is 9.59 Å². The van der Waals surface area contributed by atoms with E-state index in [1.54, 1.807) is 39.7 Å². The molecule has 7 heteroatoms. The van der Waals surface area contributed by atoms with Crippen LogP contribution in [0.5, 0.6) is 0 Å². The predicted octanol–water partition coefficient (Wildman–Crippen LogP) is 2.07. The molecule has 0 aliphatic heterocycles. The standard InChI is InChI=1S/C21H19N5O2/c27-20(17-9-4-5-11-22-17)24-13-14-25-19-18(10-6-12-23-19)26(21(25)28)15-16-7-2-1-3-8-16/h1-12H,13-15H2,(H,24,27). The van der Waals surface area contributed by atoms with E-state index in [0.717, 1.165) is 11.1 Å². The van der Waals surface area contributed by atoms with Gasteiger partial charge in [0.05, 0.1) is 12.1 Å². The number of carbonyl (C=O) groups excluding carboxylic acids is 1. The van der Waals surface area contributed by atoms with Crippen molar-refractivity contribution in [3.8, 4) is 0 Å². The maximum Gasteiger partial charge on any atom is 0.330 e. The summed E-state index contributed by atoms with van der Waals surface area (Å²) in [7, 11) is 0. The molecular weight excluding hydrogens is 354 g/mol. The molecule has 0 fully saturated rings. The van der Waals surface area contributed by atoms with E-state index in [-0.39, 0.29) is 11.6 Å². The Kier molecular flexibility index (Phi) is 4.97. The first-order chi connectivity index (χ1) is 13.7. The van der Waals surface area contributed by atoms with Gasteiger partial charge in [-0.25, -0.2) is 9.78 Å². The highest BCUT2D eigenvalue weighted by Gasteiger charge is 2.14. The molecule has 0 spiro atoms. The van der Waals surface area contributed by atoms with E-state index >= 15 is 0 Å². The Labute approximate surface area is 161 Å². The first-order valence-corrected chi connectivity index (χ1v) is 9.01. The fourth-order valence-electron chi connectivity index (χ4n) is 3.14. The minimum Gasteiger partial charge on any atom is -0.349 e. The second-order valence-electron chi connectivity index (χ2n) is 6.32. The molecule has 3 heterocycles. The summed E-state index contributed by atoms with van der Waals surface area (Å²) in [6, 6.07) is 18.7. The van der Waals surface area contributed by atoms with Crippen molar-refractivity contribution < 1.29 is 4.79 Å². The van der Waals surface area contributed by atoms with Crippen molar-refractivity contribution in [3.63, 3.8) is 0 Å². The van der Waals surface area contributed by atoms with Gasteiger partial charge < -0.3 is 5.32 Å². The van der Waals surface area contributed by atoms with Gasteiger partial charge in [0, 0.05) is 25.5 Å². The van der Waals surface area contributed by atoms with Gasteiger partial charge in [-0.3, -0.25) is 18.9 Å². The second kappa shape index (κ2) is 7.87. The van der Waals surface area contributed by atoms with Crippen LogP contribution >= 0.6 is 0 Å². The van der Waals surface area contributed by atoms with Crippen LogP contribution in [0.15, 0.2) is 77.9 Å². The van der Waals surface area contributed by atoms with Crippen molar-refractivity contribution in [2.24, 2.45) is 0 Å². The van der Waals surface area contributed by atoms with Crippen molar-refractivity contribution >= 4 is 17.1 Å². The van der Waals surface area contributed by atoms with Gasteiger partial charge in [-0.1, -0.05) is 36.4 Å². The lowest BCUT2D eigenvalue weighted by atomic mass is 10.2. The first-order valence-electron chi connectivity index (χ1n) is 9.01. The van der Waals surface area contributed by atoms with Crippen LogP contribution in [0.1, 0.15) is 16.1 Å². The summed E-state index contributed by atoms with van der Waals surface area (Å²) in [5.74, 6) is -0.269. The largest absolute Gasteiger partial charge is 0.349 e. The molecule has 140 valence electrons. The molecule has 0 aliphatic carbocycles. The Morgan fingerprint density at radius 1 is 0.893 bits per heavy atom. The first kappa shape index (κ1) is 17.7. The molecule has 3 aromatic heterocycles. The topological polar surface area (TPSA) is 81.8 Å². The Morgan fingerprint density at radius 2 is 1.68 bits per heavy atom. The zero-order valence-corrected chi connectivity index (χ0v) is 15.2. The lowest BCUT2D eigenvalue weighted by Crippen LogP contribution is -2.32. The number of hydrogen-bond acceptors (Lipinski definition) is 4. The number of pyridine rings is 2. The fraction of sp³-hybridized carbons (Fsp3) is 0.143. The van der Waals surface area contributed by atoms with Crippen LogP contribution in [-0.4, -0.2) is 31.6 Å². The summed E-state index contributed by atoms with van der Waals surface area (Å²) in [5.41, 5.74) is 2.61. The molecule has 0 aliphatic rings. The third-order valence-corrected chi connectivity index (χ3v) is 4.48. The lowest BCUT2D eigenvalue weighted by Gasteiger charge is -2.05. The average molecular weight is 373 g/mol. The molecule has 0 unspecified atom stereocenters. The SMILES string of the molecule is O=C(NCCn1c(=O)n(Cc2ccccc2)c2cccnc21)c1ccccn1. The van der Waals surface area contributed by atoms with E-state index in [4.69, 9.17) is 0 Å². The Bertz CT molecular complexity index is 1150. The normalized spacial score (nSPS) is 10.9. The molecule has 4 aromatic rings. The van der Waals surface area contributed by atoms with Crippen molar-refractivity contribution in [2.45, 2.75) is 13.1 Å². The number of aromatic nitrogens is 4. The number of benzene rings is 1. The van der Waals surface area contributed by atoms with E-state index in [1.165, 1.54) is 0 Å². The minimum atomic E-state index is -0.269. The van der Waals surface area contributed by atoms with Crippen LogP contribution < -0.4 is 11.0 Å². The summed E-state index contributed by atoms with van der Waals surface area (Å²) < 4.78 is 3.30. The Hall–Kier alpha value is -3.74. The van der Waals surface area contributed by atoms with Gasteiger partial charge in [0.2, 0.25) is 0 Å². The fourth-order valence-corrected chi connectivity index (χ4v) is 3.14. The van der Waals surface area contributed by atoms with Gasteiger partial charge in [0.15, 0.2) is 5.65 Å². The summed E-state index contributed by atoms with van der Waals surface area (Å²) in [4.78, 5) is 33.6. The zero-order valence-electron chi connectivity index (χ0n) is 15.2. The summed E-state index contributed by atoms with van der Waals surface area (Å²) in [6.07, 6.45) is 3.23. The van der Waals surface area contributed by atoms with Gasteiger partial charge >= 0.3 is 5.69 Å². The molecule has 0 saturated carbocycles. The summed E-state index contributed by atoms with van der Waals surface area (Å²) >= 11 is 0. The van der Waals surface area contributed by atoms with Gasteiger partial charge in [-0.2, -0.15) is 0 Å². The lowest BCUT2D eigenvalue weighted by molar-refractivity contribution is 0.0947. The van der Waals surface area contributed by atoms with Crippen molar-refractivity contribution in [2.75, 3.05) is 6.54 Å². The van der Waals surface area contributed by atoms with E-state index < -0.39 is 0 Å². The van der Waals surface area contributed by atoms with Crippen molar-refractivity contribution in [1.82, 2.24) is 24.4 Å². The van der Waals surface area contributed by atoms with Crippen LogP contribution in [0.3, 0.4) is 0 Å². The molecule has 0 atom stereocenters. The maximum absolute atomic E-state index is 13.0. The van der Waals surface area contributed by atoms with Crippen molar-refractivity contribution in [1.29, 1.82) is 0 Å². The quantitative estimate of drug-likeness (QED) is 0.561. The number of fused-ring (bicyclic) bond motifs is 1.